The number of β-amino-alcohol motifs (C(OH)–C–C–N with tert-alkyl or cyclic N) is 4. The Hall–Kier alpha value is -5.34. The lowest BCUT2D eigenvalue weighted by molar-refractivity contribution is 0.0572. The number of hydrogen-bond acceptors (Lipinski definition) is 12. The summed E-state index contributed by atoms with van der Waals surface area (Å²) < 4.78 is 44.1. The Morgan fingerprint density at radius 3 is 1.20 bits per heavy atom. The lowest BCUT2D eigenvalue weighted by Crippen LogP contribution is -2.25. The molecule has 8 N–H and O–H groups in total. The molecule has 4 heterocycles. The van der Waals surface area contributed by atoms with Crippen LogP contribution in [-0.2, 0) is 0 Å². The van der Waals surface area contributed by atoms with Gasteiger partial charge in [-0.2, -0.15) is 0 Å². The number of aromatic carboxylic acids is 2. The lowest BCUT2D eigenvalue weighted by Gasteiger charge is -2.24. The van der Waals surface area contributed by atoms with Gasteiger partial charge in [-0.1, -0.05) is 0 Å². The van der Waals surface area contributed by atoms with Crippen molar-refractivity contribution in [3.05, 3.63) is 67.7 Å². The number of carbonyl (C=O) groups is 2. The van der Waals surface area contributed by atoms with Gasteiger partial charge in [0.05, 0.1) is 60.4 Å². The van der Waals surface area contributed by atoms with Gasteiger partial charge in [0.2, 0.25) is 10.9 Å². The van der Waals surface area contributed by atoms with Gasteiger partial charge >= 0.3 is 11.9 Å². The number of fused-ring (bicyclic) bond motifs is 2. The van der Waals surface area contributed by atoms with Crippen LogP contribution in [0.4, 0.5) is 20.2 Å². The van der Waals surface area contributed by atoms with Crippen molar-refractivity contribution < 1.29 is 64.0 Å². The molecule has 0 radical (unpaired) electrons. The molecule has 2 aliphatic heterocycles. The third-order valence-corrected chi connectivity index (χ3v) is 10.3. The van der Waals surface area contributed by atoms with Crippen molar-refractivity contribution in [1.29, 1.82) is 0 Å². The maximum absolute atomic E-state index is 15.0. The van der Waals surface area contributed by atoms with Crippen LogP contribution in [0, 0.1) is 11.6 Å². The van der Waals surface area contributed by atoms with E-state index >= 15 is 0 Å². The molecule has 4 aliphatic rings. The first-order valence-corrected chi connectivity index (χ1v) is 17.3. The van der Waals surface area contributed by atoms with E-state index in [4.69, 9.17) is 9.47 Å². The maximum atomic E-state index is 15.0. The summed E-state index contributed by atoms with van der Waals surface area (Å²) in [5, 5.41) is 57.8. The number of benzene rings is 2. The molecule has 296 valence electrons. The second-order valence-corrected chi connectivity index (χ2v) is 14.0. The van der Waals surface area contributed by atoms with E-state index in [1.54, 1.807) is 9.13 Å². The van der Waals surface area contributed by atoms with Gasteiger partial charge in [0.25, 0.3) is 0 Å². The van der Waals surface area contributed by atoms with Crippen LogP contribution in [0.5, 0.6) is 11.5 Å². The van der Waals surface area contributed by atoms with Crippen LogP contribution in [0.1, 0.15) is 58.5 Å². The molecule has 0 amide bonds. The van der Waals surface area contributed by atoms with Gasteiger partial charge in [0, 0.05) is 50.7 Å². The third kappa shape index (κ3) is 6.82. The van der Waals surface area contributed by atoms with E-state index in [1.807, 2.05) is 0 Å². The third-order valence-electron chi connectivity index (χ3n) is 10.3. The first-order chi connectivity index (χ1) is 25.7. The fourth-order valence-corrected chi connectivity index (χ4v) is 7.35. The molecule has 4 atom stereocenters. The molecule has 4 fully saturated rings. The van der Waals surface area contributed by atoms with Gasteiger partial charge in [0.1, 0.15) is 22.5 Å². The molecule has 2 aromatic carbocycles. The Labute approximate surface area is 309 Å². The van der Waals surface area contributed by atoms with Crippen LogP contribution in [0.15, 0.2) is 34.1 Å². The van der Waals surface area contributed by atoms with Crippen LogP contribution >= 0.6 is 0 Å². The molecule has 17 nitrogen and oxygen atoms in total. The van der Waals surface area contributed by atoms with Gasteiger partial charge in [-0.15, -0.1) is 0 Å². The fraction of sp³-hybridized carbons (Fsp3) is 0.444. The molecule has 0 spiro atoms. The van der Waals surface area contributed by atoms with Crippen molar-refractivity contribution in [2.75, 3.05) is 50.2 Å². The highest BCUT2D eigenvalue weighted by atomic mass is 19.1. The molecular formula is C36H40F2N4O13. The molecule has 4 aromatic rings. The summed E-state index contributed by atoms with van der Waals surface area (Å²) in [5.41, 5.74) is -1.68. The highest BCUT2D eigenvalue weighted by molar-refractivity contribution is 5.98. The molecule has 19 heteroatoms. The first-order valence-electron chi connectivity index (χ1n) is 17.3. The second-order valence-electron chi connectivity index (χ2n) is 14.0. The van der Waals surface area contributed by atoms with Crippen LogP contribution in [-0.4, -0.2) is 122 Å². The molecule has 2 aromatic heterocycles. The van der Waals surface area contributed by atoms with Gasteiger partial charge in [0.15, 0.2) is 23.1 Å². The van der Waals surface area contributed by atoms with Crippen LogP contribution in [0.2, 0.25) is 0 Å². The number of anilines is 2. The summed E-state index contributed by atoms with van der Waals surface area (Å²) in [6, 6.07) is 2.04. The summed E-state index contributed by atoms with van der Waals surface area (Å²) in [6.07, 6.45) is 1.72. The Bertz CT molecular complexity index is 2140. The highest BCUT2D eigenvalue weighted by Crippen LogP contribution is 2.46. The minimum atomic E-state index is -1.37. The predicted octanol–water partition coefficient (Wildman–Crippen LogP) is 0.623. The smallest absolute Gasteiger partial charge is 0.341 e. The number of carboxylic acid groups (broad SMARTS) is 2. The molecule has 55 heavy (non-hydrogen) atoms. The van der Waals surface area contributed by atoms with Crippen molar-refractivity contribution in [2.24, 2.45) is 0 Å². The number of carboxylic acids is 2. The second kappa shape index (κ2) is 14.7. The quantitative estimate of drug-likeness (QED) is 0.144. The van der Waals surface area contributed by atoms with E-state index in [0.29, 0.717) is 11.0 Å². The summed E-state index contributed by atoms with van der Waals surface area (Å²) >= 11 is 0. The van der Waals surface area contributed by atoms with E-state index in [2.05, 4.69) is 0 Å². The molecule has 2 saturated heterocycles. The van der Waals surface area contributed by atoms with Crippen molar-refractivity contribution in [2.45, 2.75) is 62.2 Å². The van der Waals surface area contributed by atoms with E-state index in [9.17, 15) is 58.6 Å². The minimum absolute atomic E-state index is 0. The van der Waals surface area contributed by atoms with Crippen molar-refractivity contribution in [1.82, 2.24) is 9.13 Å². The largest absolute Gasteiger partial charge is 0.492 e. The average Bonchev–Trinajstić information content (AvgIpc) is 4.06. The molecule has 8 rings (SSSR count). The highest BCUT2D eigenvalue weighted by Gasteiger charge is 2.38. The number of aliphatic hydroxyl groups is 4. The van der Waals surface area contributed by atoms with E-state index < -0.39 is 70.0 Å². The Morgan fingerprint density at radius 1 is 0.636 bits per heavy atom. The Balaban J connectivity index is 0.000000184. The molecule has 4 unspecified atom stereocenters. The summed E-state index contributed by atoms with van der Waals surface area (Å²) in [6.45, 7) is 0.0588. The van der Waals surface area contributed by atoms with E-state index in [1.165, 1.54) is 36.4 Å². The van der Waals surface area contributed by atoms with Gasteiger partial charge in [-0.3, -0.25) is 9.59 Å². The maximum Gasteiger partial charge on any atom is 0.341 e. The SMILES string of the molecule is COc1c(N2CC(O)C(O)C2)c(F)cc2c(=O)c(C(=O)O)cn(C3CC3)c12.COc1c(N2CC(O)C(O)C2)c(F)cc2c(=O)c(C(=O)O)cn(C3CC3)c12.O. The number of halogens is 2. The monoisotopic (exact) mass is 774 g/mol. The average molecular weight is 775 g/mol. The zero-order chi connectivity index (χ0) is 38.9. The predicted molar refractivity (Wildman–Crippen MR) is 192 cm³/mol. The van der Waals surface area contributed by atoms with Crippen molar-refractivity contribution in [3.8, 4) is 11.5 Å². The normalized spacial score (nSPS) is 22.0. The fourth-order valence-electron chi connectivity index (χ4n) is 7.35. The van der Waals surface area contributed by atoms with Crippen LogP contribution in [0.3, 0.4) is 0 Å². The van der Waals surface area contributed by atoms with Crippen LogP contribution < -0.4 is 30.1 Å². The summed E-state index contributed by atoms with van der Waals surface area (Å²) in [4.78, 5) is 51.1. The molecular weight excluding hydrogens is 734 g/mol. The number of pyridine rings is 2. The number of aliphatic hydroxyl groups excluding tert-OH is 4. The Kier molecular flexibility index (Phi) is 10.5. The first kappa shape index (κ1) is 39.4. The zero-order valence-electron chi connectivity index (χ0n) is 29.6. The van der Waals surface area contributed by atoms with Gasteiger partial charge in [-0.25, -0.2) is 18.4 Å². The molecule has 2 aliphatic carbocycles. The van der Waals surface area contributed by atoms with E-state index in [-0.39, 0.29) is 77.4 Å². The number of methoxy groups -OCH3 is 2. The van der Waals surface area contributed by atoms with Gasteiger partial charge < -0.3 is 64.5 Å². The van der Waals surface area contributed by atoms with Crippen LogP contribution in [0.25, 0.3) is 21.8 Å². The number of ether oxygens (including phenoxy) is 2. The Morgan fingerprint density at radius 2 is 0.945 bits per heavy atom. The summed E-state index contributed by atoms with van der Waals surface area (Å²) in [5.74, 6) is -4.11. The number of hydrogen-bond donors (Lipinski definition) is 6. The van der Waals surface area contributed by atoms with Gasteiger partial charge in [-0.05, 0) is 37.8 Å². The number of rotatable bonds is 8. The number of nitrogens with zero attached hydrogens (tertiary/aromatic N) is 4. The van der Waals surface area contributed by atoms with E-state index in [0.717, 1.165) is 37.8 Å². The topological polar surface area (TPSA) is 256 Å². The van der Waals surface area contributed by atoms with Crippen molar-refractivity contribution in [3.63, 3.8) is 0 Å². The molecule has 2 saturated carbocycles. The standard InChI is InChI=1S/2C18H19FN2O6.H2O/c2*1-27-17-14-9(4-11(19)15(17)20-6-12(22)13(23)7-20)16(24)10(18(25)26)5-21(14)8-2-3-8;/h2*4-5,8,12-13,22-23H,2-3,6-7H2,1H3,(H,25,26);1H2. The number of aromatic nitrogens is 2. The lowest BCUT2D eigenvalue weighted by atomic mass is 10.1. The molecule has 0 bridgehead atoms. The minimum Gasteiger partial charge on any atom is -0.492 e. The zero-order valence-corrected chi connectivity index (χ0v) is 29.6. The summed E-state index contributed by atoms with van der Waals surface area (Å²) in [7, 11) is 2.68. The van der Waals surface area contributed by atoms with Crippen molar-refractivity contribution >= 4 is 45.1 Å².